The molecule has 0 radical (unpaired) electrons. The fraction of sp³-hybridized carbons (Fsp3) is 0.375. The summed E-state index contributed by atoms with van der Waals surface area (Å²) >= 11 is 1.80. The minimum Gasteiger partial charge on any atom is -0.357 e. The molecule has 0 aliphatic carbocycles. The number of nitrogens with zero attached hydrogens (tertiary/aromatic N) is 2. The van der Waals surface area contributed by atoms with Crippen LogP contribution in [0.1, 0.15) is 22.4 Å². The summed E-state index contributed by atoms with van der Waals surface area (Å²) in [6, 6.07) is 10.3. The second-order valence-electron chi connectivity index (χ2n) is 4.71. The number of nitrogens with one attached hydrogen (secondary N) is 2. The first-order valence-electron chi connectivity index (χ1n) is 7.25. The van der Waals surface area contributed by atoms with Crippen LogP contribution in [-0.4, -0.2) is 24.0 Å². The molecular weight excluding hydrogens is 280 g/mol. The van der Waals surface area contributed by atoms with Gasteiger partial charge < -0.3 is 10.6 Å². The van der Waals surface area contributed by atoms with Gasteiger partial charge in [-0.05, 0) is 38.1 Å². The number of aromatic nitrogens is 1. The van der Waals surface area contributed by atoms with Crippen molar-refractivity contribution in [3.8, 4) is 0 Å². The lowest BCUT2D eigenvalue weighted by molar-refractivity contribution is 0.789. The molecule has 2 heterocycles. The molecule has 2 rings (SSSR count). The average Bonchev–Trinajstić information content (AvgIpc) is 2.91. The van der Waals surface area contributed by atoms with E-state index < -0.39 is 0 Å². The first-order valence-corrected chi connectivity index (χ1v) is 8.07. The number of aryl methyl sites for hydroxylation is 1. The molecule has 2 aromatic rings. The second kappa shape index (κ2) is 8.42. The Morgan fingerprint density at radius 3 is 2.81 bits per heavy atom. The smallest absolute Gasteiger partial charge is 0.191 e. The third-order valence-corrected chi connectivity index (χ3v) is 3.92. The summed E-state index contributed by atoms with van der Waals surface area (Å²) in [6.45, 7) is 6.60. The molecule has 0 saturated carbocycles. The number of hydrogen-bond donors (Lipinski definition) is 2. The zero-order valence-electron chi connectivity index (χ0n) is 12.6. The molecular formula is C16H22N4S. The molecule has 4 nitrogen and oxygen atoms in total. The molecule has 0 unspecified atom stereocenters. The van der Waals surface area contributed by atoms with Gasteiger partial charge in [-0.1, -0.05) is 6.07 Å². The summed E-state index contributed by atoms with van der Waals surface area (Å²) in [7, 11) is 0. The van der Waals surface area contributed by atoms with Crippen LogP contribution in [0, 0.1) is 6.92 Å². The van der Waals surface area contributed by atoms with Gasteiger partial charge in [-0.2, -0.15) is 0 Å². The third-order valence-electron chi connectivity index (χ3n) is 2.93. The van der Waals surface area contributed by atoms with Gasteiger partial charge in [0.25, 0.3) is 0 Å². The van der Waals surface area contributed by atoms with Crippen LogP contribution in [0.4, 0.5) is 0 Å². The fourth-order valence-corrected chi connectivity index (χ4v) is 2.74. The van der Waals surface area contributed by atoms with Gasteiger partial charge in [0.15, 0.2) is 5.96 Å². The van der Waals surface area contributed by atoms with Gasteiger partial charge in [0.1, 0.15) is 0 Å². The number of pyridine rings is 1. The van der Waals surface area contributed by atoms with Crippen molar-refractivity contribution in [2.45, 2.75) is 26.8 Å². The van der Waals surface area contributed by atoms with E-state index in [1.54, 1.807) is 11.3 Å². The van der Waals surface area contributed by atoms with E-state index in [-0.39, 0.29) is 0 Å². The van der Waals surface area contributed by atoms with Crippen molar-refractivity contribution in [2.75, 3.05) is 13.1 Å². The van der Waals surface area contributed by atoms with E-state index in [2.05, 4.69) is 46.6 Å². The Morgan fingerprint density at radius 1 is 1.24 bits per heavy atom. The summed E-state index contributed by atoms with van der Waals surface area (Å²) in [4.78, 5) is 11.5. The van der Waals surface area contributed by atoms with E-state index in [9.17, 15) is 0 Å². The highest BCUT2D eigenvalue weighted by atomic mass is 32.1. The van der Waals surface area contributed by atoms with Gasteiger partial charge in [0.2, 0.25) is 0 Å². The van der Waals surface area contributed by atoms with Gasteiger partial charge in [-0.3, -0.25) is 4.98 Å². The van der Waals surface area contributed by atoms with Crippen LogP contribution < -0.4 is 10.6 Å². The molecule has 0 aliphatic rings. The predicted octanol–water partition coefficient (Wildman–Crippen LogP) is 2.75. The lowest BCUT2D eigenvalue weighted by atomic mass is 10.3. The van der Waals surface area contributed by atoms with Gasteiger partial charge in [0.05, 0.1) is 6.54 Å². The maximum Gasteiger partial charge on any atom is 0.191 e. The van der Waals surface area contributed by atoms with Crippen LogP contribution in [0.2, 0.25) is 0 Å². The zero-order chi connectivity index (χ0) is 14.9. The van der Waals surface area contributed by atoms with Crippen molar-refractivity contribution in [1.29, 1.82) is 0 Å². The molecule has 2 N–H and O–H groups in total. The Kier molecular flexibility index (Phi) is 6.22. The van der Waals surface area contributed by atoms with Gasteiger partial charge in [-0.25, -0.2) is 4.99 Å². The van der Waals surface area contributed by atoms with E-state index in [0.717, 1.165) is 37.7 Å². The SMILES string of the molecule is CCNC(=NCc1ccc(C)s1)NCCc1ccccn1. The second-order valence-corrected chi connectivity index (χ2v) is 6.08. The Hall–Kier alpha value is -1.88. The van der Waals surface area contributed by atoms with E-state index in [4.69, 9.17) is 0 Å². The van der Waals surface area contributed by atoms with Crippen molar-refractivity contribution in [3.63, 3.8) is 0 Å². The average molecular weight is 302 g/mol. The summed E-state index contributed by atoms with van der Waals surface area (Å²) in [5, 5.41) is 6.62. The van der Waals surface area contributed by atoms with Crippen molar-refractivity contribution in [1.82, 2.24) is 15.6 Å². The van der Waals surface area contributed by atoms with Crippen molar-refractivity contribution in [3.05, 3.63) is 52.0 Å². The molecule has 2 aromatic heterocycles. The number of guanidine groups is 1. The molecule has 0 bridgehead atoms. The molecule has 0 atom stereocenters. The number of thiophene rings is 1. The molecule has 21 heavy (non-hydrogen) atoms. The Bertz CT molecular complexity index is 563. The first kappa shape index (κ1) is 15.5. The summed E-state index contributed by atoms with van der Waals surface area (Å²) in [5.41, 5.74) is 1.09. The molecule has 0 spiro atoms. The predicted molar refractivity (Wildman–Crippen MR) is 89.8 cm³/mol. The first-order chi connectivity index (χ1) is 10.3. The van der Waals surface area contributed by atoms with E-state index in [1.807, 2.05) is 24.4 Å². The van der Waals surface area contributed by atoms with E-state index in [1.165, 1.54) is 9.75 Å². The fourth-order valence-electron chi connectivity index (χ4n) is 1.92. The van der Waals surface area contributed by atoms with Crippen molar-refractivity contribution < 1.29 is 0 Å². The number of rotatable bonds is 6. The van der Waals surface area contributed by atoms with Gasteiger partial charge >= 0.3 is 0 Å². The highest BCUT2D eigenvalue weighted by Gasteiger charge is 2.00. The minimum atomic E-state index is 0.720. The standard InChI is InChI=1S/C16H22N4S/c1-3-17-16(20-12-15-8-7-13(2)21-15)19-11-9-14-6-4-5-10-18-14/h4-8,10H,3,9,11-12H2,1-2H3,(H2,17,19,20). The minimum absolute atomic E-state index is 0.720. The number of aliphatic imine (C=N–C) groups is 1. The Morgan fingerprint density at radius 2 is 2.14 bits per heavy atom. The lowest BCUT2D eigenvalue weighted by Crippen LogP contribution is -2.38. The van der Waals surface area contributed by atoms with Gasteiger partial charge in [-0.15, -0.1) is 11.3 Å². The van der Waals surface area contributed by atoms with E-state index in [0.29, 0.717) is 0 Å². The van der Waals surface area contributed by atoms with Crippen LogP contribution in [0.5, 0.6) is 0 Å². The van der Waals surface area contributed by atoms with Crippen LogP contribution in [0.25, 0.3) is 0 Å². The zero-order valence-corrected chi connectivity index (χ0v) is 13.4. The van der Waals surface area contributed by atoms with E-state index >= 15 is 0 Å². The molecule has 112 valence electrons. The molecule has 0 aliphatic heterocycles. The van der Waals surface area contributed by atoms with Crippen LogP contribution >= 0.6 is 11.3 Å². The quantitative estimate of drug-likeness (QED) is 0.637. The van der Waals surface area contributed by atoms with Crippen molar-refractivity contribution >= 4 is 17.3 Å². The normalized spacial score (nSPS) is 11.4. The molecule has 5 heteroatoms. The Labute approximate surface area is 130 Å². The highest BCUT2D eigenvalue weighted by molar-refractivity contribution is 7.11. The van der Waals surface area contributed by atoms with Crippen LogP contribution in [-0.2, 0) is 13.0 Å². The molecule has 0 saturated heterocycles. The topological polar surface area (TPSA) is 49.3 Å². The summed E-state index contributed by atoms with van der Waals surface area (Å²) in [6.07, 6.45) is 2.72. The highest BCUT2D eigenvalue weighted by Crippen LogP contribution is 2.15. The summed E-state index contributed by atoms with van der Waals surface area (Å²) in [5.74, 6) is 0.861. The monoisotopic (exact) mass is 302 g/mol. The molecule has 0 amide bonds. The molecule has 0 aromatic carbocycles. The lowest BCUT2D eigenvalue weighted by Gasteiger charge is -2.10. The van der Waals surface area contributed by atoms with Gasteiger partial charge in [0, 0.05) is 41.2 Å². The van der Waals surface area contributed by atoms with Crippen molar-refractivity contribution in [2.24, 2.45) is 4.99 Å². The molecule has 0 fully saturated rings. The largest absolute Gasteiger partial charge is 0.357 e. The number of hydrogen-bond acceptors (Lipinski definition) is 3. The maximum absolute atomic E-state index is 4.61. The van der Waals surface area contributed by atoms with Crippen LogP contribution in [0.15, 0.2) is 41.5 Å². The Balaban J connectivity index is 1.83. The third kappa shape index (κ3) is 5.55. The van der Waals surface area contributed by atoms with Crippen LogP contribution in [0.3, 0.4) is 0 Å². The maximum atomic E-state index is 4.61. The summed E-state index contributed by atoms with van der Waals surface area (Å²) < 4.78 is 0.